The lowest BCUT2D eigenvalue weighted by molar-refractivity contribution is 0.331. The molecule has 15 heavy (non-hydrogen) atoms. The van der Waals surface area contributed by atoms with Gasteiger partial charge in [0, 0.05) is 0 Å². The fourth-order valence-electron chi connectivity index (χ4n) is 0.534. The van der Waals surface area contributed by atoms with Gasteiger partial charge in [-0.15, -0.1) is 0 Å². The summed E-state index contributed by atoms with van der Waals surface area (Å²) < 4.78 is 28.0. The maximum Gasteiger partial charge on any atom is 0.359 e. The molecule has 0 rings (SSSR count). The molecule has 0 aliphatic heterocycles. The molecule has 0 amide bonds. The maximum absolute atomic E-state index is 10.7. The standard InChI is InChI=1S/C2H7ClO9P3/c3-2(14(7,8)9,15(10,11)12)1-13(4,5)6/h1H,(H2,4,5,6)(H2,7,8,9)(H2,10,11,12). The molecule has 1 radical (unpaired) electrons. The van der Waals surface area contributed by atoms with Crippen LogP contribution in [0.25, 0.3) is 0 Å². The summed E-state index contributed by atoms with van der Waals surface area (Å²) in [6.07, 6.45) is -0.552. The van der Waals surface area contributed by atoms with E-state index >= 15 is 0 Å². The highest BCUT2D eigenvalue weighted by Gasteiger charge is 2.62. The second-order valence-corrected chi connectivity index (χ2v) is 8.94. The van der Waals surface area contributed by atoms with Gasteiger partial charge in [-0.3, -0.25) is 13.7 Å². The fourth-order valence-corrected chi connectivity index (χ4v) is 4.81. The van der Waals surface area contributed by atoms with Crippen LogP contribution in [0.15, 0.2) is 0 Å². The van der Waals surface area contributed by atoms with E-state index < -0.39 is 33.3 Å². The second-order valence-electron chi connectivity index (χ2n) is 2.44. The van der Waals surface area contributed by atoms with Gasteiger partial charge < -0.3 is 29.4 Å². The number of hydrogen-bond acceptors (Lipinski definition) is 3. The lowest BCUT2D eigenvalue weighted by atomic mass is 10.9. The van der Waals surface area contributed by atoms with Crippen LogP contribution in [-0.2, 0) is 13.7 Å². The third kappa shape index (κ3) is 3.91. The van der Waals surface area contributed by atoms with E-state index in [1.54, 1.807) is 0 Å². The van der Waals surface area contributed by atoms with Crippen LogP contribution in [0.5, 0.6) is 0 Å². The van der Waals surface area contributed by atoms with Gasteiger partial charge in [0.1, 0.15) is 6.16 Å². The maximum atomic E-state index is 10.7. The minimum atomic E-state index is -5.65. The smallest absolute Gasteiger partial charge is 0.324 e. The molecule has 0 saturated carbocycles. The Hall–Kier alpha value is 0.740. The third-order valence-electron chi connectivity index (χ3n) is 1.15. The van der Waals surface area contributed by atoms with Crippen LogP contribution in [0.1, 0.15) is 0 Å². The first kappa shape index (κ1) is 15.7. The minimum Gasteiger partial charge on any atom is -0.324 e. The van der Waals surface area contributed by atoms with Crippen molar-refractivity contribution < 1.29 is 43.1 Å². The minimum absolute atomic E-state index is 0.552. The van der Waals surface area contributed by atoms with E-state index in [2.05, 4.69) is 0 Å². The average Bonchev–Trinajstić information content (AvgIpc) is 1.77. The first-order valence-corrected chi connectivity index (χ1v) is 8.22. The van der Waals surface area contributed by atoms with Crippen LogP contribution in [0.3, 0.4) is 0 Å². The zero-order chi connectivity index (χ0) is 12.7. The van der Waals surface area contributed by atoms with Gasteiger partial charge in [-0.05, 0) is 0 Å². The van der Waals surface area contributed by atoms with Crippen molar-refractivity contribution in [3.8, 4) is 0 Å². The third-order valence-corrected chi connectivity index (χ3v) is 7.32. The molecular weight excluding hydrogens is 296 g/mol. The van der Waals surface area contributed by atoms with Crippen LogP contribution in [0.4, 0.5) is 0 Å². The highest BCUT2D eigenvalue weighted by molar-refractivity contribution is 7.77. The van der Waals surface area contributed by atoms with Crippen molar-refractivity contribution >= 4 is 34.4 Å². The quantitative estimate of drug-likeness (QED) is 0.297. The zero-order valence-electron chi connectivity index (χ0n) is 6.70. The van der Waals surface area contributed by atoms with Gasteiger partial charge in [0.15, 0.2) is 0 Å². The first-order chi connectivity index (χ1) is 6.21. The predicted molar refractivity (Wildman–Crippen MR) is 49.0 cm³/mol. The highest BCUT2D eigenvalue weighted by Crippen LogP contribution is 2.76. The first-order valence-electron chi connectivity index (χ1n) is 2.93. The Morgan fingerprint density at radius 3 is 1.20 bits per heavy atom. The monoisotopic (exact) mass is 303 g/mol. The van der Waals surface area contributed by atoms with Crippen LogP contribution in [0.2, 0.25) is 0 Å². The van der Waals surface area contributed by atoms with Crippen LogP contribution >= 0.6 is 34.4 Å². The molecule has 0 aliphatic rings. The Bertz CT molecular complexity index is 349. The van der Waals surface area contributed by atoms with E-state index in [9.17, 15) is 13.7 Å². The number of hydrogen-bond donors (Lipinski definition) is 6. The molecule has 0 aliphatic carbocycles. The number of rotatable bonds is 4. The molecule has 0 aromatic carbocycles. The van der Waals surface area contributed by atoms with Crippen LogP contribution in [-0.4, -0.2) is 33.7 Å². The SMILES string of the molecule is O=P(O)(O)[CH]C(Cl)(P(=O)(O)O)P(=O)(O)O. The van der Waals surface area contributed by atoms with Gasteiger partial charge in [0.2, 0.25) is 0 Å². The summed E-state index contributed by atoms with van der Waals surface area (Å²) in [5.74, 6) is 0. The normalized spacial score (nSPS) is 15.4. The van der Waals surface area contributed by atoms with Crippen molar-refractivity contribution in [2.24, 2.45) is 0 Å². The molecule has 13 heteroatoms. The van der Waals surface area contributed by atoms with Crippen molar-refractivity contribution in [1.82, 2.24) is 0 Å². The largest absolute Gasteiger partial charge is 0.359 e. The molecule has 0 bridgehead atoms. The highest BCUT2D eigenvalue weighted by atomic mass is 35.5. The van der Waals surface area contributed by atoms with Crippen molar-refractivity contribution in [2.45, 2.75) is 4.36 Å². The lowest BCUT2D eigenvalue weighted by Gasteiger charge is -2.27. The molecule has 0 spiro atoms. The fraction of sp³-hybridized carbons (Fsp3) is 0.500. The number of alkyl halides is 1. The Balaban J connectivity index is 5.57. The van der Waals surface area contributed by atoms with Crippen LogP contribution < -0.4 is 0 Å². The molecule has 9 nitrogen and oxygen atoms in total. The van der Waals surface area contributed by atoms with E-state index in [0.29, 0.717) is 0 Å². The summed E-state index contributed by atoms with van der Waals surface area (Å²) in [4.78, 5) is 50.9. The summed E-state index contributed by atoms with van der Waals surface area (Å²) in [5, 5.41) is 0. The molecular formula is C2H7ClO9P3. The second kappa shape index (κ2) is 4.20. The van der Waals surface area contributed by atoms with Gasteiger partial charge in [-0.2, -0.15) is 0 Å². The predicted octanol–water partition coefficient (Wildman–Crippen LogP) is -0.426. The number of halogens is 1. The molecule has 0 saturated heterocycles. The van der Waals surface area contributed by atoms with Gasteiger partial charge >= 0.3 is 22.8 Å². The van der Waals surface area contributed by atoms with Crippen molar-refractivity contribution in [3.05, 3.63) is 6.16 Å². The van der Waals surface area contributed by atoms with E-state index in [-0.39, 0.29) is 0 Å². The Morgan fingerprint density at radius 1 is 0.867 bits per heavy atom. The molecule has 0 heterocycles. The topological polar surface area (TPSA) is 173 Å². The molecule has 0 fully saturated rings. The Morgan fingerprint density at radius 2 is 1.13 bits per heavy atom. The Labute approximate surface area is 88.6 Å². The van der Waals surface area contributed by atoms with E-state index in [1.807, 2.05) is 0 Å². The summed E-state index contributed by atoms with van der Waals surface area (Å²) in [6, 6.07) is 0. The van der Waals surface area contributed by atoms with Gasteiger partial charge in [-0.1, -0.05) is 11.6 Å². The lowest BCUT2D eigenvalue weighted by Crippen LogP contribution is -2.22. The average molecular weight is 303 g/mol. The summed E-state index contributed by atoms with van der Waals surface area (Å²) in [7, 11) is -16.5. The zero-order valence-corrected chi connectivity index (χ0v) is 10.1. The molecule has 6 N–H and O–H groups in total. The van der Waals surface area contributed by atoms with Gasteiger partial charge in [0.05, 0.1) is 0 Å². The van der Waals surface area contributed by atoms with Crippen molar-refractivity contribution in [3.63, 3.8) is 0 Å². The molecule has 0 aromatic rings. The Kier molecular flexibility index (Phi) is 4.41. The van der Waals surface area contributed by atoms with Gasteiger partial charge in [-0.25, -0.2) is 0 Å². The molecule has 0 unspecified atom stereocenters. The molecule has 0 aromatic heterocycles. The summed E-state index contributed by atoms with van der Waals surface area (Å²) >= 11 is 4.90. The van der Waals surface area contributed by atoms with Crippen LogP contribution in [0, 0.1) is 6.16 Å². The van der Waals surface area contributed by atoms with E-state index in [1.165, 1.54) is 0 Å². The summed E-state index contributed by atoms with van der Waals surface area (Å²) in [6.45, 7) is 0. The van der Waals surface area contributed by atoms with Crippen molar-refractivity contribution in [1.29, 1.82) is 0 Å². The summed E-state index contributed by atoms with van der Waals surface area (Å²) in [5.41, 5.74) is 0. The van der Waals surface area contributed by atoms with Gasteiger partial charge in [0.25, 0.3) is 4.36 Å². The molecule has 0 atom stereocenters. The van der Waals surface area contributed by atoms with Crippen molar-refractivity contribution in [2.75, 3.05) is 0 Å². The van der Waals surface area contributed by atoms with E-state index in [0.717, 1.165) is 0 Å². The van der Waals surface area contributed by atoms with E-state index in [4.69, 9.17) is 41.0 Å². The molecule has 91 valence electrons.